The van der Waals surface area contributed by atoms with Crippen LogP contribution in [0.3, 0.4) is 0 Å². The highest BCUT2D eigenvalue weighted by Gasteiger charge is 2.32. The summed E-state index contributed by atoms with van der Waals surface area (Å²) < 4.78 is 5.73. The van der Waals surface area contributed by atoms with E-state index in [1.54, 1.807) is 7.11 Å². The minimum Gasteiger partial charge on any atom is -0.378 e. The van der Waals surface area contributed by atoms with Gasteiger partial charge in [-0.15, -0.1) is 0 Å². The fourth-order valence-corrected chi connectivity index (χ4v) is 2.47. The summed E-state index contributed by atoms with van der Waals surface area (Å²) in [4.78, 5) is 0. The van der Waals surface area contributed by atoms with Crippen molar-refractivity contribution in [1.82, 2.24) is 5.32 Å². The quantitative estimate of drug-likeness (QED) is 0.862. The molecule has 1 saturated heterocycles. The first-order valence-corrected chi connectivity index (χ1v) is 6.03. The van der Waals surface area contributed by atoms with Crippen LogP contribution in [0.1, 0.15) is 24.0 Å². The standard InChI is InChI=1S/C14H18N2O/c1-17-14(6-8-16-9-7-14)10-12-4-2-3-5-13(12)11-15/h2-5,16H,6-10H2,1H3. The molecule has 1 aromatic carbocycles. The molecule has 1 aliphatic rings. The summed E-state index contributed by atoms with van der Waals surface area (Å²) in [7, 11) is 1.78. The molecular weight excluding hydrogens is 212 g/mol. The van der Waals surface area contributed by atoms with Gasteiger partial charge < -0.3 is 10.1 Å². The molecule has 90 valence electrons. The van der Waals surface area contributed by atoms with Crippen molar-refractivity contribution in [3.63, 3.8) is 0 Å². The summed E-state index contributed by atoms with van der Waals surface area (Å²) in [6.45, 7) is 1.98. The molecule has 3 nitrogen and oxygen atoms in total. The Kier molecular flexibility index (Phi) is 3.78. The van der Waals surface area contributed by atoms with Gasteiger partial charge in [-0.05, 0) is 37.6 Å². The third-order valence-corrected chi connectivity index (χ3v) is 3.60. The summed E-state index contributed by atoms with van der Waals surface area (Å²) in [5.74, 6) is 0. The van der Waals surface area contributed by atoms with E-state index in [0.717, 1.165) is 43.5 Å². The van der Waals surface area contributed by atoms with Crippen molar-refractivity contribution in [2.75, 3.05) is 20.2 Å². The lowest BCUT2D eigenvalue weighted by Crippen LogP contribution is -2.45. The van der Waals surface area contributed by atoms with Gasteiger partial charge in [-0.3, -0.25) is 0 Å². The number of hydrogen-bond donors (Lipinski definition) is 1. The van der Waals surface area contributed by atoms with Crippen molar-refractivity contribution in [3.05, 3.63) is 35.4 Å². The van der Waals surface area contributed by atoms with E-state index in [0.29, 0.717) is 0 Å². The largest absolute Gasteiger partial charge is 0.378 e. The van der Waals surface area contributed by atoms with Gasteiger partial charge in [-0.2, -0.15) is 5.26 Å². The highest BCUT2D eigenvalue weighted by Crippen LogP contribution is 2.28. The normalized spacial score (nSPS) is 18.6. The molecule has 1 N–H and O–H groups in total. The van der Waals surface area contributed by atoms with Crippen LogP contribution in [0.2, 0.25) is 0 Å². The number of piperidine rings is 1. The zero-order valence-electron chi connectivity index (χ0n) is 10.2. The fraction of sp³-hybridized carbons (Fsp3) is 0.500. The maximum atomic E-state index is 9.10. The van der Waals surface area contributed by atoms with Crippen LogP contribution in [0.5, 0.6) is 0 Å². The molecule has 1 fully saturated rings. The van der Waals surface area contributed by atoms with E-state index < -0.39 is 0 Å². The summed E-state index contributed by atoms with van der Waals surface area (Å²) in [6.07, 6.45) is 2.83. The van der Waals surface area contributed by atoms with Gasteiger partial charge in [0.15, 0.2) is 0 Å². The molecule has 0 amide bonds. The van der Waals surface area contributed by atoms with Crippen LogP contribution in [0.4, 0.5) is 0 Å². The van der Waals surface area contributed by atoms with Crippen LogP contribution < -0.4 is 5.32 Å². The Hall–Kier alpha value is -1.37. The zero-order valence-corrected chi connectivity index (χ0v) is 10.2. The van der Waals surface area contributed by atoms with Crippen molar-refractivity contribution >= 4 is 0 Å². The Morgan fingerprint density at radius 1 is 1.35 bits per heavy atom. The van der Waals surface area contributed by atoms with Crippen molar-refractivity contribution in [1.29, 1.82) is 5.26 Å². The number of nitrogens with zero attached hydrogens (tertiary/aromatic N) is 1. The number of rotatable bonds is 3. The Labute approximate surface area is 102 Å². The molecule has 1 aromatic rings. The second-order valence-corrected chi connectivity index (χ2v) is 4.58. The molecule has 0 radical (unpaired) electrons. The Bertz CT molecular complexity index is 416. The predicted molar refractivity (Wildman–Crippen MR) is 66.7 cm³/mol. The highest BCUT2D eigenvalue weighted by atomic mass is 16.5. The van der Waals surface area contributed by atoms with Gasteiger partial charge in [-0.25, -0.2) is 0 Å². The SMILES string of the molecule is COC1(Cc2ccccc2C#N)CCNCC1. The zero-order chi connectivity index (χ0) is 12.1. The lowest BCUT2D eigenvalue weighted by molar-refractivity contribution is -0.0334. The molecule has 0 bridgehead atoms. The molecule has 0 unspecified atom stereocenters. The van der Waals surface area contributed by atoms with Crippen LogP contribution in [0.15, 0.2) is 24.3 Å². The monoisotopic (exact) mass is 230 g/mol. The average Bonchev–Trinajstić information content (AvgIpc) is 2.40. The summed E-state index contributed by atoms with van der Waals surface area (Å²) in [5, 5.41) is 12.4. The Morgan fingerprint density at radius 3 is 2.71 bits per heavy atom. The fourth-order valence-electron chi connectivity index (χ4n) is 2.47. The minimum atomic E-state index is -0.0990. The maximum absolute atomic E-state index is 9.10. The van der Waals surface area contributed by atoms with E-state index in [9.17, 15) is 0 Å². The van der Waals surface area contributed by atoms with Crippen LogP contribution >= 0.6 is 0 Å². The van der Waals surface area contributed by atoms with E-state index in [1.165, 1.54) is 0 Å². The molecule has 0 spiro atoms. The first-order valence-electron chi connectivity index (χ1n) is 6.03. The molecule has 1 aliphatic heterocycles. The lowest BCUT2D eigenvalue weighted by Gasteiger charge is -2.36. The summed E-state index contributed by atoms with van der Waals surface area (Å²) in [5.41, 5.74) is 1.76. The molecule has 0 aromatic heterocycles. The van der Waals surface area contributed by atoms with Crippen molar-refractivity contribution < 1.29 is 4.74 Å². The van der Waals surface area contributed by atoms with E-state index >= 15 is 0 Å². The smallest absolute Gasteiger partial charge is 0.0994 e. The number of ether oxygens (including phenoxy) is 1. The number of benzene rings is 1. The topological polar surface area (TPSA) is 45.0 Å². The third kappa shape index (κ3) is 2.66. The predicted octanol–water partition coefficient (Wildman–Crippen LogP) is 1.87. The summed E-state index contributed by atoms with van der Waals surface area (Å²) >= 11 is 0. The highest BCUT2D eigenvalue weighted by molar-refractivity contribution is 5.38. The molecule has 17 heavy (non-hydrogen) atoms. The molecule has 2 rings (SSSR count). The number of hydrogen-bond acceptors (Lipinski definition) is 3. The van der Waals surface area contributed by atoms with Gasteiger partial charge in [0.1, 0.15) is 0 Å². The maximum Gasteiger partial charge on any atom is 0.0994 e. The molecule has 1 heterocycles. The van der Waals surface area contributed by atoms with Crippen molar-refractivity contribution in [2.45, 2.75) is 24.9 Å². The third-order valence-electron chi connectivity index (χ3n) is 3.60. The second-order valence-electron chi connectivity index (χ2n) is 4.58. The number of nitriles is 1. The van der Waals surface area contributed by atoms with Crippen LogP contribution in [0, 0.1) is 11.3 Å². The van der Waals surface area contributed by atoms with E-state index in [1.807, 2.05) is 24.3 Å². The van der Waals surface area contributed by atoms with Crippen LogP contribution in [-0.4, -0.2) is 25.8 Å². The van der Waals surface area contributed by atoms with Crippen molar-refractivity contribution in [2.24, 2.45) is 0 Å². The molecular formula is C14H18N2O. The number of methoxy groups -OCH3 is 1. The lowest BCUT2D eigenvalue weighted by atomic mass is 9.84. The van der Waals surface area contributed by atoms with E-state index in [2.05, 4.69) is 11.4 Å². The molecule has 0 atom stereocenters. The Morgan fingerprint density at radius 2 is 2.06 bits per heavy atom. The molecule has 0 saturated carbocycles. The first kappa shape index (κ1) is 12.1. The van der Waals surface area contributed by atoms with E-state index in [-0.39, 0.29) is 5.60 Å². The van der Waals surface area contributed by atoms with E-state index in [4.69, 9.17) is 10.00 Å². The second kappa shape index (κ2) is 5.31. The number of nitrogens with one attached hydrogen (secondary N) is 1. The first-order chi connectivity index (χ1) is 8.29. The van der Waals surface area contributed by atoms with Crippen LogP contribution in [-0.2, 0) is 11.2 Å². The van der Waals surface area contributed by atoms with Crippen LogP contribution in [0.25, 0.3) is 0 Å². The van der Waals surface area contributed by atoms with Gasteiger partial charge in [0, 0.05) is 13.5 Å². The summed E-state index contributed by atoms with van der Waals surface area (Å²) in [6, 6.07) is 10.1. The molecule has 3 heteroatoms. The van der Waals surface area contributed by atoms with Gasteiger partial charge in [-0.1, -0.05) is 18.2 Å². The van der Waals surface area contributed by atoms with Crippen molar-refractivity contribution in [3.8, 4) is 6.07 Å². The van der Waals surface area contributed by atoms with Gasteiger partial charge in [0.2, 0.25) is 0 Å². The Balaban J connectivity index is 2.21. The van der Waals surface area contributed by atoms with Gasteiger partial charge >= 0.3 is 0 Å². The average molecular weight is 230 g/mol. The van der Waals surface area contributed by atoms with Gasteiger partial charge in [0.25, 0.3) is 0 Å². The molecule has 0 aliphatic carbocycles. The minimum absolute atomic E-state index is 0.0990. The van der Waals surface area contributed by atoms with Gasteiger partial charge in [0.05, 0.1) is 17.2 Å².